The van der Waals surface area contributed by atoms with Gasteiger partial charge in [-0.3, -0.25) is 0 Å². The van der Waals surface area contributed by atoms with Gasteiger partial charge in [-0.25, -0.2) is 4.39 Å². The summed E-state index contributed by atoms with van der Waals surface area (Å²) in [6.07, 6.45) is -4.00. The third-order valence-electron chi connectivity index (χ3n) is 2.02. The van der Waals surface area contributed by atoms with Gasteiger partial charge in [-0.1, -0.05) is 6.08 Å². The van der Waals surface area contributed by atoms with Gasteiger partial charge in [-0.15, -0.1) is 0 Å². The minimum Gasteiger partial charge on any atom is -0.512 e. The van der Waals surface area contributed by atoms with Crippen LogP contribution in [0.15, 0.2) is 23.5 Å². The number of hydrogen-bond acceptors (Lipinski definition) is 1. The van der Waals surface area contributed by atoms with Crippen LogP contribution in [0.1, 0.15) is 13.3 Å². The molecule has 0 radical (unpaired) electrons. The van der Waals surface area contributed by atoms with Crippen molar-refractivity contribution in [3.63, 3.8) is 0 Å². The van der Waals surface area contributed by atoms with E-state index in [1.165, 1.54) is 0 Å². The van der Waals surface area contributed by atoms with Crippen molar-refractivity contribution in [3.05, 3.63) is 23.5 Å². The molecule has 1 N–H and O–H groups in total. The van der Waals surface area contributed by atoms with Crippen LogP contribution < -0.4 is 0 Å². The number of aliphatic hydroxyl groups excluding tert-OH is 1. The Morgan fingerprint density at radius 1 is 1.38 bits per heavy atom. The molecule has 1 unspecified atom stereocenters. The maximum Gasteiger partial charge on any atom is 0.426 e. The molecule has 0 aromatic heterocycles. The molecule has 5 heteroatoms. The van der Waals surface area contributed by atoms with Crippen LogP contribution in [-0.4, -0.2) is 17.0 Å². The van der Waals surface area contributed by atoms with E-state index in [9.17, 15) is 17.6 Å². The third kappa shape index (κ3) is 1.55. The number of halogens is 4. The van der Waals surface area contributed by atoms with Crippen molar-refractivity contribution >= 4 is 0 Å². The van der Waals surface area contributed by atoms with E-state index in [1.54, 1.807) is 0 Å². The summed E-state index contributed by atoms with van der Waals surface area (Å²) in [5.74, 6) is -0.592. The molecule has 0 saturated carbocycles. The number of hydrogen-bond donors (Lipinski definition) is 1. The molecule has 1 rings (SSSR count). The Kier molecular flexibility index (Phi) is 2.13. The van der Waals surface area contributed by atoms with Crippen molar-refractivity contribution in [1.82, 2.24) is 0 Å². The standard InChI is InChI=1S/C8H8F4O/c1-5-2-3-6(13)4-7(5,9)8(10,11)12/h2-3,13H,4H2,1H3. The number of allylic oxidation sites excluding steroid dienone is 4. The molecule has 1 atom stereocenters. The lowest BCUT2D eigenvalue weighted by atomic mass is 9.88. The van der Waals surface area contributed by atoms with Crippen LogP contribution in [0, 0.1) is 0 Å². The normalized spacial score (nSPS) is 29.6. The smallest absolute Gasteiger partial charge is 0.426 e. The highest BCUT2D eigenvalue weighted by atomic mass is 19.4. The average Bonchev–Trinajstić information content (AvgIpc) is 1.95. The molecule has 1 nitrogen and oxygen atoms in total. The maximum absolute atomic E-state index is 13.3. The molecule has 0 fully saturated rings. The van der Waals surface area contributed by atoms with E-state index in [-0.39, 0.29) is 0 Å². The number of rotatable bonds is 0. The summed E-state index contributed by atoms with van der Waals surface area (Å²) in [5.41, 5.74) is -3.84. The van der Waals surface area contributed by atoms with Crippen LogP contribution in [-0.2, 0) is 0 Å². The Hall–Kier alpha value is -1.00. The zero-order chi connectivity index (χ0) is 10.3. The highest BCUT2D eigenvalue weighted by Gasteiger charge is 2.58. The van der Waals surface area contributed by atoms with Crippen molar-refractivity contribution in [2.24, 2.45) is 0 Å². The molecule has 0 aromatic rings. The summed E-state index contributed by atoms with van der Waals surface area (Å²) in [6.45, 7) is 1.05. The lowest BCUT2D eigenvalue weighted by Gasteiger charge is -2.30. The van der Waals surface area contributed by atoms with Gasteiger partial charge in [0.05, 0.1) is 12.2 Å². The Labute approximate surface area is 72.4 Å². The van der Waals surface area contributed by atoms with Gasteiger partial charge in [0.2, 0.25) is 5.67 Å². The second kappa shape index (κ2) is 2.75. The largest absolute Gasteiger partial charge is 0.512 e. The molecule has 0 amide bonds. The maximum atomic E-state index is 13.3. The van der Waals surface area contributed by atoms with Gasteiger partial charge < -0.3 is 5.11 Å². The van der Waals surface area contributed by atoms with E-state index in [0.29, 0.717) is 0 Å². The first kappa shape index (κ1) is 10.1. The van der Waals surface area contributed by atoms with E-state index in [1.807, 2.05) is 0 Å². The van der Waals surface area contributed by atoms with Gasteiger partial charge in [0.1, 0.15) is 0 Å². The summed E-state index contributed by atoms with van der Waals surface area (Å²) >= 11 is 0. The Morgan fingerprint density at radius 2 is 1.92 bits per heavy atom. The lowest BCUT2D eigenvalue weighted by Crippen LogP contribution is -2.43. The topological polar surface area (TPSA) is 20.2 Å². The first-order valence-electron chi connectivity index (χ1n) is 3.60. The highest BCUT2D eigenvalue weighted by molar-refractivity contribution is 5.31. The molecule has 0 saturated heterocycles. The summed E-state index contributed by atoms with van der Waals surface area (Å²) in [7, 11) is 0. The van der Waals surface area contributed by atoms with Crippen LogP contribution in [0.5, 0.6) is 0 Å². The summed E-state index contributed by atoms with van der Waals surface area (Å²) in [5, 5.41) is 8.80. The van der Waals surface area contributed by atoms with E-state index >= 15 is 0 Å². The fourth-order valence-electron chi connectivity index (χ4n) is 1.12. The number of alkyl halides is 4. The molecule has 0 aromatic carbocycles. The average molecular weight is 196 g/mol. The lowest BCUT2D eigenvalue weighted by molar-refractivity contribution is -0.217. The van der Waals surface area contributed by atoms with Crippen LogP contribution >= 0.6 is 0 Å². The van der Waals surface area contributed by atoms with Crippen molar-refractivity contribution in [2.75, 3.05) is 0 Å². The monoisotopic (exact) mass is 196 g/mol. The minimum atomic E-state index is -4.98. The molecular weight excluding hydrogens is 188 g/mol. The van der Waals surface area contributed by atoms with Gasteiger partial charge >= 0.3 is 6.18 Å². The van der Waals surface area contributed by atoms with Crippen LogP contribution in [0.3, 0.4) is 0 Å². The number of aliphatic hydroxyl groups is 1. The molecule has 0 aliphatic heterocycles. The second-order valence-electron chi connectivity index (χ2n) is 2.98. The fraction of sp³-hybridized carbons (Fsp3) is 0.500. The quantitative estimate of drug-likeness (QED) is 0.590. The molecule has 0 bridgehead atoms. The fourth-order valence-corrected chi connectivity index (χ4v) is 1.12. The van der Waals surface area contributed by atoms with Gasteiger partial charge in [0, 0.05) is 0 Å². The van der Waals surface area contributed by atoms with Crippen molar-refractivity contribution < 1.29 is 22.7 Å². The van der Waals surface area contributed by atoms with E-state index in [4.69, 9.17) is 5.11 Å². The molecule has 0 heterocycles. The van der Waals surface area contributed by atoms with Crippen LogP contribution in [0.25, 0.3) is 0 Å². The van der Waals surface area contributed by atoms with E-state index in [2.05, 4.69) is 0 Å². The SMILES string of the molecule is CC1=CC=C(O)CC1(F)C(F)(F)F. The molecule has 74 valence electrons. The van der Waals surface area contributed by atoms with Gasteiger partial charge in [0.15, 0.2) is 0 Å². The summed E-state index contributed by atoms with van der Waals surface area (Å²) in [6, 6.07) is 0. The van der Waals surface area contributed by atoms with Crippen molar-refractivity contribution in [1.29, 1.82) is 0 Å². The van der Waals surface area contributed by atoms with E-state index < -0.39 is 29.6 Å². The Bertz CT molecular complexity index is 276. The van der Waals surface area contributed by atoms with Gasteiger partial charge in [0.25, 0.3) is 0 Å². The molecule has 1 aliphatic rings. The molecule has 13 heavy (non-hydrogen) atoms. The molecule has 0 spiro atoms. The minimum absolute atomic E-state index is 0.433. The zero-order valence-electron chi connectivity index (χ0n) is 6.82. The van der Waals surface area contributed by atoms with Crippen LogP contribution in [0.4, 0.5) is 17.6 Å². The van der Waals surface area contributed by atoms with E-state index in [0.717, 1.165) is 19.1 Å². The first-order chi connectivity index (χ1) is 5.77. The first-order valence-corrected chi connectivity index (χ1v) is 3.60. The van der Waals surface area contributed by atoms with Gasteiger partial charge in [-0.05, 0) is 18.6 Å². The predicted octanol–water partition coefficient (Wildman–Crippen LogP) is 3.05. The molecular formula is C8H8F4O. The van der Waals surface area contributed by atoms with Crippen molar-refractivity contribution in [3.8, 4) is 0 Å². The molecule has 1 aliphatic carbocycles. The summed E-state index contributed by atoms with van der Waals surface area (Å²) < 4.78 is 49.9. The second-order valence-corrected chi connectivity index (χ2v) is 2.98. The Balaban J connectivity index is 3.07. The zero-order valence-corrected chi connectivity index (χ0v) is 6.82. The highest BCUT2D eigenvalue weighted by Crippen LogP contribution is 2.45. The van der Waals surface area contributed by atoms with Gasteiger partial charge in [-0.2, -0.15) is 13.2 Å². The van der Waals surface area contributed by atoms with Crippen LogP contribution in [0.2, 0.25) is 0 Å². The predicted molar refractivity (Wildman–Crippen MR) is 39.0 cm³/mol. The third-order valence-corrected chi connectivity index (χ3v) is 2.02. The Morgan fingerprint density at radius 3 is 2.31 bits per heavy atom. The summed E-state index contributed by atoms with van der Waals surface area (Å²) in [4.78, 5) is 0. The van der Waals surface area contributed by atoms with Crippen molar-refractivity contribution in [2.45, 2.75) is 25.2 Å².